The van der Waals surface area contributed by atoms with Crippen molar-refractivity contribution in [2.75, 3.05) is 17.7 Å². The molecular formula is C13H24N4. The largest absolute Gasteiger partial charge is 0.367 e. The van der Waals surface area contributed by atoms with E-state index < -0.39 is 0 Å². The van der Waals surface area contributed by atoms with Crippen LogP contribution in [0.1, 0.15) is 45.2 Å². The highest BCUT2D eigenvalue weighted by Gasteiger charge is 2.05. The van der Waals surface area contributed by atoms with E-state index in [1.165, 1.54) is 25.7 Å². The van der Waals surface area contributed by atoms with Crippen LogP contribution in [0.4, 0.5) is 11.8 Å². The number of rotatable bonds is 7. The van der Waals surface area contributed by atoms with Crippen molar-refractivity contribution < 1.29 is 0 Å². The standard InChI is InChI=1S/C13H24N4/c1-5-6-7-8-10(2)15-12-9-11(3)16-13(14-4)17-12/h9-10H,5-8H2,1-4H3,(H2,14,15,16,17). The predicted molar refractivity (Wildman–Crippen MR) is 73.5 cm³/mol. The second kappa shape index (κ2) is 7.09. The lowest BCUT2D eigenvalue weighted by Gasteiger charge is -2.15. The van der Waals surface area contributed by atoms with Crippen LogP contribution in [-0.4, -0.2) is 23.1 Å². The van der Waals surface area contributed by atoms with Crippen LogP contribution in [-0.2, 0) is 0 Å². The summed E-state index contributed by atoms with van der Waals surface area (Å²) in [6.07, 6.45) is 5.03. The maximum absolute atomic E-state index is 4.39. The number of hydrogen-bond acceptors (Lipinski definition) is 4. The van der Waals surface area contributed by atoms with E-state index in [9.17, 15) is 0 Å². The molecule has 4 nitrogen and oxygen atoms in total. The Morgan fingerprint density at radius 2 is 2.06 bits per heavy atom. The van der Waals surface area contributed by atoms with Gasteiger partial charge in [-0.3, -0.25) is 0 Å². The van der Waals surface area contributed by atoms with Crippen LogP contribution < -0.4 is 10.6 Å². The van der Waals surface area contributed by atoms with Gasteiger partial charge in [0.15, 0.2) is 0 Å². The van der Waals surface area contributed by atoms with Crippen LogP contribution in [0.2, 0.25) is 0 Å². The predicted octanol–water partition coefficient (Wildman–Crippen LogP) is 3.21. The van der Waals surface area contributed by atoms with Crippen LogP contribution in [0, 0.1) is 6.92 Å². The van der Waals surface area contributed by atoms with Crippen molar-refractivity contribution in [2.45, 2.75) is 52.5 Å². The Kier molecular flexibility index (Phi) is 5.73. The smallest absolute Gasteiger partial charge is 0.224 e. The van der Waals surface area contributed by atoms with Crippen LogP contribution in [0.5, 0.6) is 0 Å². The minimum Gasteiger partial charge on any atom is -0.367 e. The van der Waals surface area contributed by atoms with Gasteiger partial charge in [0, 0.05) is 24.8 Å². The molecule has 17 heavy (non-hydrogen) atoms. The second-order valence-electron chi connectivity index (χ2n) is 4.51. The molecule has 2 N–H and O–H groups in total. The zero-order valence-corrected chi connectivity index (χ0v) is 11.4. The first-order chi connectivity index (χ1) is 8.15. The highest BCUT2D eigenvalue weighted by atomic mass is 15.1. The van der Waals surface area contributed by atoms with Gasteiger partial charge in [0.1, 0.15) is 5.82 Å². The first kappa shape index (κ1) is 13.7. The molecule has 1 atom stereocenters. The lowest BCUT2D eigenvalue weighted by molar-refractivity contribution is 0.613. The number of anilines is 2. The summed E-state index contributed by atoms with van der Waals surface area (Å²) < 4.78 is 0. The molecule has 1 rings (SSSR count). The molecule has 0 spiro atoms. The average Bonchev–Trinajstić information content (AvgIpc) is 2.28. The second-order valence-corrected chi connectivity index (χ2v) is 4.51. The van der Waals surface area contributed by atoms with Crippen molar-refractivity contribution in [2.24, 2.45) is 0 Å². The molecule has 1 aromatic rings. The van der Waals surface area contributed by atoms with Crippen molar-refractivity contribution >= 4 is 11.8 Å². The summed E-state index contributed by atoms with van der Waals surface area (Å²) in [6.45, 7) is 6.41. The van der Waals surface area contributed by atoms with E-state index in [-0.39, 0.29) is 0 Å². The molecule has 0 aliphatic heterocycles. The van der Waals surface area contributed by atoms with Crippen LogP contribution in [0.15, 0.2) is 6.07 Å². The highest BCUT2D eigenvalue weighted by molar-refractivity contribution is 5.42. The van der Waals surface area contributed by atoms with Gasteiger partial charge in [-0.2, -0.15) is 4.98 Å². The summed E-state index contributed by atoms with van der Waals surface area (Å²) in [4.78, 5) is 8.66. The van der Waals surface area contributed by atoms with E-state index in [1.54, 1.807) is 0 Å². The topological polar surface area (TPSA) is 49.8 Å². The van der Waals surface area contributed by atoms with E-state index >= 15 is 0 Å². The van der Waals surface area contributed by atoms with E-state index in [0.717, 1.165) is 11.5 Å². The summed E-state index contributed by atoms with van der Waals surface area (Å²) in [5.41, 5.74) is 0.979. The molecular weight excluding hydrogens is 212 g/mol. The van der Waals surface area contributed by atoms with E-state index in [4.69, 9.17) is 0 Å². The Morgan fingerprint density at radius 1 is 1.29 bits per heavy atom. The van der Waals surface area contributed by atoms with Gasteiger partial charge in [-0.15, -0.1) is 0 Å². The molecule has 4 heteroatoms. The fourth-order valence-corrected chi connectivity index (χ4v) is 1.78. The Morgan fingerprint density at radius 3 is 2.71 bits per heavy atom. The first-order valence-corrected chi connectivity index (χ1v) is 6.45. The first-order valence-electron chi connectivity index (χ1n) is 6.45. The van der Waals surface area contributed by atoms with E-state index in [2.05, 4.69) is 34.4 Å². The summed E-state index contributed by atoms with van der Waals surface area (Å²) in [5.74, 6) is 1.58. The van der Waals surface area contributed by atoms with Crippen LogP contribution in [0.25, 0.3) is 0 Å². The van der Waals surface area contributed by atoms with Gasteiger partial charge >= 0.3 is 0 Å². The molecule has 0 amide bonds. The number of aryl methyl sites for hydroxylation is 1. The molecule has 0 saturated carbocycles. The molecule has 1 unspecified atom stereocenters. The van der Waals surface area contributed by atoms with Crippen molar-refractivity contribution in [3.8, 4) is 0 Å². The van der Waals surface area contributed by atoms with Gasteiger partial charge in [0.25, 0.3) is 0 Å². The Labute approximate surface area is 104 Å². The molecule has 0 aromatic carbocycles. The number of hydrogen-bond donors (Lipinski definition) is 2. The van der Waals surface area contributed by atoms with Crippen molar-refractivity contribution in [3.63, 3.8) is 0 Å². The quantitative estimate of drug-likeness (QED) is 0.714. The van der Waals surface area contributed by atoms with Crippen molar-refractivity contribution in [1.29, 1.82) is 0 Å². The molecule has 0 radical (unpaired) electrons. The third-order valence-corrected chi connectivity index (χ3v) is 2.71. The van der Waals surface area contributed by atoms with Crippen LogP contribution in [0.3, 0.4) is 0 Å². The maximum atomic E-state index is 4.39. The van der Waals surface area contributed by atoms with Gasteiger partial charge in [0.2, 0.25) is 5.95 Å². The Hall–Kier alpha value is -1.32. The van der Waals surface area contributed by atoms with Gasteiger partial charge in [0.05, 0.1) is 0 Å². The molecule has 0 aliphatic rings. The lowest BCUT2D eigenvalue weighted by atomic mass is 10.1. The number of nitrogens with one attached hydrogen (secondary N) is 2. The molecule has 96 valence electrons. The lowest BCUT2D eigenvalue weighted by Crippen LogP contribution is -2.16. The summed E-state index contributed by atoms with van der Waals surface area (Å²) >= 11 is 0. The number of nitrogens with zero attached hydrogens (tertiary/aromatic N) is 2. The fraction of sp³-hybridized carbons (Fsp3) is 0.692. The molecule has 0 aliphatic carbocycles. The Balaban J connectivity index is 2.52. The maximum Gasteiger partial charge on any atom is 0.224 e. The van der Waals surface area contributed by atoms with Gasteiger partial charge < -0.3 is 10.6 Å². The zero-order chi connectivity index (χ0) is 12.7. The molecule has 0 bridgehead atoms. The zero-order valence-electron chi connectivity index (χ0n) is 11.4. The van der Waals surface area contributed by atoms with Crippen LogP contribution >= 0.6 is 0 Å². The minimum atomic E-state index is 0.459. The number of unbranched alkanes of at least 4 members (excludes halogenated alkanes) is 2. The summed E-state index contributed by atoms with van der Waals surface area (Å²) in [6, 6.07) is 2.44. The monoisotopic (exact) mass is 236 g/mol. The molecule has 0 saturated heterocycles. The summed E-state index contributed by atoms with van der Waals surface area (Å²) in [5, 5.41) is 6.40. The number of aromatic nitrogens is 2. The third kappa shape index (κ3) is 5.02. The highest BCUT2D eigenvalue weighted by Crippen LogP contribution is 2.12. The third-order valence-electron chi connectivity index (χ3n) is 2.71. The summed E-state index contributed by atoms with van der Waals surface area (Å²) in [7, 11) is 1.84. The van der Waals surface area contributed by atoms with E-state index in [1.807, 2.05) is 20.0 Å². The minimum absolute atomic E-state index is 0.459. The van der Waals surface area contributed by atoms with Crippen molar-refractivity contribution in [1.82, 2.24) is 9.97 Å². The molecule has 1 heterocycles. The molecule has 1 aromatic heterocycles. The Bertz CT molecular complexity index is 338. The average molecular weight is 236 g/mol. The van der Waals surface area contributed by atoms with Crippen molar-refractivity contribution in [3.05, 3.63) is 11.8 Å². The normalized spacial score (nSPS) is 12.2. The van der Waals surface area contributed by atoms with E-state index in [0.29, 0.717) is 12.0 Å². The van der Waals surface area contributed by atoms with Gasteiger partial charge in [-0.25, -0.2) is 4.98 Å². The van der Waals surface area contributed by atoms with Gasteiger partial charge in [-0.1, -0.05) is 26.2 Å². The SMILES string of the molecule is CCCCCC(C)Nc1cc(C)nc(NC)n1. The van der Waals surface area contributed by atoms with Gasteiger partial charge in [-0.05, 0) is 20.3 Å². The molecule has 0 fully saturated rings. The fourth-order valence-electron chi connectivity index (χ4n) is 1.78.